The number of carbonyl (C=O) groups is 1. The van der Waals surface area contributed by atoms with Crippen LogP contribution in [0.3, 0.4) is 0 Å². The Morgan fingerprint density at radius 3 is 2.93 bits per heavy atom. The van der Waals surface area contributed by atoms with Gasteiger partial charge in [-0.3, -0.25) is 4.79 Å². The van der Waals surface area contributed by atoms with E-state index in [1.807, 2.05) is 11.4 Å². The lowest BCUT2D eigenvalue weighted by molar-refractivity contribution is -0.138. The fourth-order valence-corrected chi connectivity index (χ4v) is 2.61. The van der Waals surface area contributed by atoms with E-state index in [2.05, 4.69) is 15.9 Å². The second kappa shape index (κ2) is 5.60. The molecule has 0 aliphatic heterocycles. The van der Waals surface area contributed by atoms with Gasteiger partial charge in [-0.05, 0) is 22.0 Å². The predicted molar refractivity (Wildman–Crippen MR) is 63.6 cm³/mol. The number of aliphatic hydroxyl groups is 1. The van der Waals surface area contributed by atoms with Gasteiger partial charge in [-0.25, -0.2) is 0 Å². The number of likely N-dealkylation sites (N-methyl/N-ethyl adjacent to an activating group) is 1. The summed E-state index contributed by atoms with van der Waals surface area (Å²) in [4.78, 5) is 14.0. The molecule has 1 aromatic heterocycles. The van der Waals surface area contributed by atoms with Crippen LogP contribution in [0.5, 0.6) is 0 Å². The van der Waals surface area contributed by atoms with Crippen molar-refractivity contribution in [3.05, 3.63) is 20.8 Å². The zero-order valence-electron chi connectivity index (χ0n) is 8.31. The Labute approximate surface area is 101 Å². The minimum Gasteiger partial charge on any atom is -0.382 e. The summed E-state index contributed by atoms with van der Waals surface area (Å²) in [6, 6.07) is 1.95. The lowest BCUT2D eigenvalue weighted by atomic mass is 10.3. The molecule has 1 atom stereocenters. The van der Waals surface area contributed by atoms with Crippen molar-refractivity contribution in [3.63, 3.8) is 0 Å². The van der Waals surface area contributed by atoms with Crippen molar-refractivity contribution in [3.8, 4) is 0 Å². The molecule has 1 amide bonds. The molecule has 0 bridgehead atoms. The Balaban J connectivity index is 2.55. The zero-order chi connectivity index (χ0) is 11.4. The Bertz CT molecular complexity index is 343. The second-order valence-corrected chi connectivity index (χ2v) is 5.09. The third kappa shape index (κ3) is 3.57. The normalized spacial score (nSPS) is 12.5. The summed E-state index contributed by atoms with van der Waals surface area (Å²) < 4.78 is 1.00. The van der Waals surface area contributed by atoms with E-state index >= 15 is 0 Å². The predicted octanol–water partition coefficient (Wildman–Crippen LogP) is 0.789. The third-order valence-corrected chi connectivity index (χ3v) is 3.58. The molecule has 84 valence electrons. The Kier molecular flexibility index (Phi) is 4.72. The lowest BCUT2D eigenvalue weighted by Gasteiger charge is -2.18. The molecule has 3 N–H and O–H groups in total. The first-order valence-corrected chi connectivity index (χ1v) is 6.08. The molecule has 0 fully saturated rings. The molecular formula is C9H13BrN2O2S. The Hall–Kier alpha value is -0.430. The van der Waals surface area contributed by atoms with E-state index in [1.165, 1.54) is 4.90 Å². The van der Waals surface area contributed by atoms with E-state index in [1.54, 1.807) is 18.4 Å². The van der Waals surface area contributed by atoms with Gasteiger partial charge >= 0.3 is 0 Å². The summed E-state index contributed by atoms with van der Waals surface area (Å²) >= 11 is 4.90. The van der Waals surface area contributed by atoms with E-state index in [0.717, 1.165) is 9.35 Å². The van der Waals surface area contributed by atoms with Gasteiger partial charge in [-0.1, -0.05) is 0 Å². The molecule has 1 heterocycles. The van der Waals surface area contributed by atoms with Crippen molar-refractivity contribution >= 4 is 33.2 Å². The summed E-state index contributed by atoms with van der Waals surface area (Å²) in [7, 11) is 1.65. The molecule has 0 spiro atoms. The van der Waals surface area contributed by atoms with Crippen LogP contribution < -0.4 is 5.73 Å². The molecule has 0 aliphatic rings. The first-order chi connectivity index (χ1) is 7.04. The standard InChI is InChI=1S/C9H13BrN2O2S/c1-12(9(14)8(13)3-11)4-7-2-6(10)5-15-7/h2,5,8,13H,3-4,11H2,1H3. The average molecular weight is 293 g/mol. The highest BCUT2D eigenvalue weighted by Crippen LogP contribution is 2.20. The molecule has 1 rings (SSSR count). The van der Waals surface area contributed by atoms with Gasteiger partial charge in [-0.2, -0.15) is 0 Å². The van der Waals surface area contributed by atoms with Crippen LogP contribution >= 0.6 is 27.3 Å². The fraction of sp³-hybridized carbons (Fsp3) is 0.444. The first kappa shape index (κ1) is 12.6. The van der Waals surface area contributed by atoms with Gasteiger partial charge in [0.2, 0.25) is 0 Å². The number of halogens is 1. The van der Waals surface area contributed by atoms with Gasteiger partial charge in [-0.15, -0.1) is 11.3 Å². The molecule has 0 aliphatic carbocycles. The Morgan fingerprint density at radius 1 is 1.80 bits per heavy atom. The van der Waals surface area contributed by atoms with Crippen LogP contribution in [0.2, 0.25) is 0 Å². The van der Waals surface area contributed by atoms with Crippen molar-refractivity contribution < 1.29 is 9.90 Å². The highest BCUT2D eigenvalue weighted by molar-refractivity contribution is 9.10. The topological polar surface area (TPSA) is 66.6 Å². The monoisotopic (exact) mass is 292 g/mol. The van der Waals surface area contributed by atoms with E-state index in [-0.39, 0.29) is 12.5 Å². The molecule has 6 heteroatoms. The van der Waals surface area contributed by atoms with Crippen LogP contribution in [-0.4, -0.2) is 35.6 Å². The maximum Gasteiger partial charge on any atom is 0.252 e. The number of aliphatic hydroxyl groups excluding tert-OH is 1. The molecule has 1 unspecified atom stereocenters. The van der Waals surface area contributed by atoms with Crippen molar-refractivity contribution in [2.45, 2.75) is 12.6 Å². The van der Waals surface area contributed by atoms with E-state index < -0.39 is 6.10 Å². The van der Waals surface area contributed by atoms with Crippen molar-refractivity contribution in [2.75, 3.05) is 13.6 Å². The summed E-state index contributed by atoms with van der Waals surface area (Å²) in [5.41, 5.74) is 5.21. The number of hydrogen-bond acceptors (Lipinski definition) is 4. The molecule has 15 heavy (non-hydrogen) atoms. The van der Waals surface area contributed by atoms with Crippen molar-refractivity contribution in [1.82, 2.24) is 4.90 Å². The number of nitrogens with zero attached hydrogens (tertiary/aromatic N) is 1. The van der Waals surface area contributed by atoms with Gasteiger partial charge < -0.3 is 15.7 Å². The van der Waals surface area contributed by atoms with E-state index in [0.29, 0.717) is 6.54 Å². The van der Waals surface area contributed by atoms with Crippen LogP contribution in [0.15, 0.2) is 15.9 Å². The van der Waals surface area contributed by atoms with Crippen LogP contribution in [0, 0.1) is 0 Å². The average Bonchev–Trinajstić information content (AvgIpc) is 2.61. The van der Waals surface area contributed by atoms with Crippen LogP contribution in [0.4, 0.5) is 0 Å². The molecule has 0 saturated heterocycles. The minimum absolute atomic E-state index is 0.0443. The van der Waals surface area contributed by atoms with Crippen LogP contribution in [-0.2, 0) is 11.3 Å². The van der Waals surface area contributed by atoms with Gasteiger partial charge in [0, 0.05) is 28.3 Å². The smallest absolute Gasteiger partial charge is 0.252 e. The summed E-state index contributed by atoms with van der Waals surface area (Å²) in [5, 5.41) is 11.2. The van der Waals surface area contributed by atoms with Crippen LogP contribution in [0.25, 0.3) is 0 Å². The highest BCUT2D eigenvalue weighted by Gasteiger charge is 2.18. The Morgan fingerprint density at radius 2 is 2.47 bits per heavy atom. The number of hydrogen-bond donors (Lipinski definition) is 2. The lowest BCUT2D eigenvalue weighted by Crippen LogP contribution is -2.39. The van der Waals surface area contributed by atoms with Gasteiger partial charge in [0.25, 0.3) is 5.91 Å². The van der Waals surface area contributed by atoms with E-state index in [4.69, 9.17) is 5.73 Å². The minimum atomic E-state index is -1.10. The number of carbonyl (C=O) groups excluding carboxylic acids is 1. The summed E-state index contributed by atoms with van der Waals surface area (Å²) in [5.74, 6) is -0.345. The fourth-order valence-electron chi connectivity index (χ4n) is 1.10. The summed E-state index contributed by atoms with van der Waals surface area (Å²) in [6.45, 7) is 0.448. The molecule has 1 aromatic rings. The molecule has 0 saturated carbocycles. The number of thiophene rings is 1. The highest BCUT2D eigenvalue weighted by atomic mass is 79.9. The number of rotatable bonds is 4. The number of amides is 1. The molecule has 0 aromatic carbocycles. The maximum atomic E-state index is 11.5. The quantitative estimate of drug-likeness (QED) is 0.862. The van der Waals surface area contributed by atoms with Gasteiger partial charge in [0.15, 0.2) is 0 Å². The zero-order valence-corrected chi connectivity index (χ0v) is 10.7. The number of nitrogens with two attached hydrogens (primary N) is 1. The SMILES string of the molecule is CN(Cc1cc(Br)cs1)C(=O)C(O)CN. The van der Waals surface area contributed by atoms with Crippen molar-refractivity contribution in [1.29, 1.82) is 0 Å². The molecule has 4 nitrogen and oxygen atoms in total. The largest absolute Gasteiger partial charge is 0.382 e. The van der Waals surface area contributed by atoms with E-state index in [9.17, 15) is 9.90 Å². The van der Waals surface area contributed by atoms with Crippen molar-refractivity contribution in [2.24, 2.45) is 5.73 Å². The van der Waals surface area contributed by atoms with Gasteiger partial charge in [0.1, 0.15) is 6.10 Å². The first-order valence-electron chi connectivity index (χ1n) is 4.40. The molecule has 0 radical (unpaired) electrons. The maximum absolute atomic E-state index is 11.5. The second-order valence-electron chi connectivity index (χ2n) is 3.18. The van der Waals surface area contributed by atoms with Gasteiger partial charge in [0.05, 0.1) is 6.54 Å². The summed E-state index contributed by atoms with van der Waals surface area (Å²) in [6.07, 6.45) is -1.10. The third-order valence-electron chi connectivity index (χ3n) is 1.90. The molecular weight excluding hydrogens is 280 g/mol. The van der Waals surface area contributed by atoms with Crippen LogP contribution in [0.1, 0.15) is 4.88 Å².